The number of thiocarbonyl (C=S) groups is 1. The number of nitrogens with one attached hydrogen (secondary N) is 1. The minimum atomic E-state index is -0.257. The second-order valence-corrected chi connectivity index (χ2v) is 9.67. The summed E-state index contributed by atoms with van der Waals surface area (Å²) in [6, 6.07) is 13.0. The maximum absolute atomic E-state index is 13.3. The third-order valence-corrected chi connectivity index (χ3v) is 6.46. The van der Waals surface area contributed by atoms with E-state index in [0.29, 0.717) is 39.3 Å². The minimum absolute atomic E-state index is 0.183. The van der Waals surface area contributed by atoms with Gasteiger partial charge < -0.3 is 10.1 Å². The van der Waals surface area contributed by atoms with Gasteiger partial charge in [-0.05, 0) is 41.8 Å². The van der Waals surface area contributed by atoms with Crippen molar-refractivity contribution in [3.05, 3.63) is 75.0 Å². The van der Waals surface area contributed by atoms with E-state index in [0.717, 1.165) is 11.3 Å². The fourth-order valence-corrected chi connectivity index (χ4v) is 4.71. The van der Waals surface area contributed by atoms with Gasteiger partial charge in [-0.3, -0.25) is 18.9 Å². The van der Waals surface area contributed by atoms with Crippen molar-refractivity contribution in [2.45, 2.75) is 20.4 Å². The van der Waals surface area contributed by atoms with Crippen molar-refractivity contribution in [2.24, 2.45) is 5.92 Å². The predicted octanol–water partition coefficient (Wildman–Crippen LogP) is 4.17. The van der Waals surface area contributed by atoms with Crippen molar-refractivity contribution in [3.63, 3.8) is 0 Å². The number of ether oxygens (including phenoxy) is 1. The van der Waals surface area contributed by atoms with Gasteiger partial charge in [0.15, 0.2) is 0 Å². The summed E-state index contributed by atoms with van der Waals surface area (Å²) in [6.07, 6.45) is 3.27. The number of benzene rings is 1. The number of carbonyl (C=O) groups is 1. The quantitative estimate of drug-likeness (QED) is 0.402. The second kappa shape index (κ2) is 9.76. The van der Waals surface area contributed by atoms with Crippen LogP contribution in [0.5, 0.6) is 5.75 Å². The summed E-state index contributed by atoms with van der Waals surface area (Å²) in [5, 5.41) is 3.27. The first-order valence-corrected chi connectivity index (χ1v) is 11.7. The van der Waals surface area contributed by atoms with E-state index < -0.39 is 0 Å². The Labute approximate surface area is 201 Å². The van der Waals surface area contributed by atoms with Crippen LogP contribution in [0.3, 0.4) is 0 Å². The lowest BCUT2D eigenvalue weighted by Gasteiger charge is -2.16. The van der Waals surface area contributed by atoms with Crippen LogP contribution in [0.2, 0.25) is 0 Å². The summed E-state index contributed by atoms with van der Waals surface area (Å²) >= 11 is 6.62. The molecule has 0 radical (unpaired) electrons. The number of methoxy groups -OCH3 is 1. The number of hydrogen-bond acceptors (Lipinski definition) is 7. The summed E-state index contributed by atoms with van der Waals surface area (Å²) in [7, 11) is 1.62. The highest BCUT2D eigenvalue weighted by atomic mass is 32.2. The first-order valence-electron chi connectivity index (χ1n) is 10.5. The Bertz CT molecular complexity index is 1300. The van der Waals surface area contributed by atoms with E-state index in [1.165, 1.54) is 16.2 Å². The highest BCUT2D eigenvalue weighted by Crippen LogP contribution is 2.33. The van der Waals surface area contributed by atoms with Crippen LogP contribution in [0.15, 0.2) is 58.4 Å². The molecule has 0 bridgehead atoms. The SMILES string of the molecule is COc1ccc(CNc2nc3ccccn3c(=O)c2/C=C2\SC(=S)N(CC(C)C)C2=O)cc1. The third-order valence-electron chi connectivity index (χ3n) is 5.08. The molecular formula is C24H24N4O3S2. The zero-order valence-corrected chi connectivity index (χ0v) is 20.2. The van der Waals surface area contributed by atoms with Gasteiger partial charge in [-0.25, -0.2) is 4.98 Å². The van der Waals surface area contributed by atoms with Crippen molar-refractivity contribution in [2.75, 3.05) is 19.0 Å². The van der Waals surface area contributed by atoms with Gasteiger partial charge in [0.1, 0.15) is 21.5 Å². The van der Waals surface area contributed by atoms with Crippen LogP contribution < -0.4 is 15.6 Å². The molecule has 3 heterocycles. The van der Waals surface area contributed by atoms with Gasteiger partial charge in [-0.15, -0.1) is 0 Å². The Balaban J connectivity index is 1.72. The molecule has 9 heteroatoms. The Morgan fingerprint density at radius 1 is 1.18 bits per heavy atom. The van der Waals surface area contributed by atoms with Gasteiger partial charge in [0.25, 0.3) is 11.5 Å². The van der Waals surface area contributed by atoms with Crippen LogP contribution in [-0.2, 0) is 11.3 Å². The summed E-state index contributed by atoms with van der Waals surface area (Å²) in [5.41, 5.74) is 1.58. The average molecular weight is 481 g/mol. The van der Waals surface area contributed by atoms with E-state index in [2.05, 4.69) is 10.3 Å². The maximum atomic E-state index is 13.3. The number of thioether (sulfide) groups is 1. The van der Waals surface area contributed by atoms with E-state index in [-0.39, 0.29) is 17.4 Å². The van der Waals surface area contributed by atoms with Crippen molar-refractivity contribution in [3.8, 4) is 5.75 Å². The van der Waals surface area contributed by atoms with Crippen molar-refractivity contribution < 1.29 is 9.53 Å². The number of amides is 1. The van der Waals surface area contributed by atoms with Gasteiger partial charge in [0, 0.05) is 19.3 Å². The van der Waals surface area contributed by atoms with Crippen molar-refractivity contribution in [1.29, 1.82) is 0 Å². The minimum Gasteiger partial charge on any atom is -0.497 e. The number of anilines is 1. The Kier molecular flexibility index (Phi) is 6.80. The van der Waals surface area contributed by atoms with Gasteiger partial charge >= 0.3 is 0 Å². The highest BCUT2D eigenvalue weighted by Gasteiger charge is 2.32. The number of nitrogens with zero attached hydrogens (tertiary/aromatic N) is 3. The van der Waals surface area contributed by atoms with Crippen LogP contribution in [0.25, 0.3) is 11.7 Å². The van der Waals surface area contributed by atoms with Crippen LogP contribution in [-0.4, -0.2) is 38.2 Å². The largest absolute Gasteiger partial charge is 0.497 e. The zero-order valence-electron chi connectivity index (χ0n) is 18.6. The van der Waals surface area contributed by atoms with Crippen LogP contribution in [0.1, 0.15) is 25.0 Å². The van der Waals surface area contributed by atoms with E-state index >= 15 is 0 Å². The lowest BCUT2D eigenvalue weighted by atomic mass is 10.2. The summed E-state index contributed by atoms with van der Waals surface area (Å²) in [6.45, 7) is 5.06. The Morgan fingerprint density at radius 2 is 1.94 bits per heavy atom. The number of fused-ring (bicyclic) bond motifs is 1. The second-order valence-electron chi connectivity index (χ2n) is 8.00. The number of hydrogen-bond donors (Lipinski definition) is 1. The van der Waals surface area contributed by atoms with E-state index in [1.54, 1.807) is 36.4 Å². The van der Waals surface area contributed by atoms with Crippen molar-refractivity contribution in [1.82, 2.24) is 14.3 Å². The summed E-state index contributed by atoms with van der Waals surface area (Å²) in [4.78, 5) is 33.0. The van der Waals surface area contributed by atoms with Crippen LogP contribution in [0.4, 0.5) is 5.82 Å². The van der Waals surface area contributed by atoms with Crippen LogP contribution >= 0.6 is 24.0 Å². The standard InChI is InChI=1S/C24H24N4O3S2/c1-15(2)14-28-23(30)19(33-24(28)32)12-18-21(25-13-16-7-9-17(31-3)10-8-16)26-20-6-4-5-11-27(20)22(18)29/h4-12,15,25H,13-14H2,1-3H3/b19-12-. The molecule has 1 aliphatic rings. The molecule has 3 aromatic rings. The lowest BCUT2D eigenvalue weighted by Crippen LogP contribution is -2.31. The molecule has 1 amide bonds. The summed E-state index contributed by atoms with van der Waals surface area (Å²) < 4.78 is 7.18. The molecule has 0 unspecified atom stereocenters. The molecule has 1 saturated heterocycles. The first-order chi connectivity index (χ1) is 15.9. The van der Waals surface area contributed by atoms with Crippen molar-refractivity contribution >= 4 is 51.7 Å². The molecule has 1 fully saturated rings. The molecule has 4 rings (SSSR count). The topological polar surface area (TPSA) is 75.9 Å². The molecule has 7 nitrogen and oxygen atoms in total. The molecule has 0 spiro atoms. The zero-order chi connectivity index (χ0) is 23.5. The number of rotatable bonds is 7. The van der Waals surface area contributed by atoms with Gasteiger partial charge in [0.2, 0.25) is 0 Å². The monoisotopic (exact) mass is 480 g/mol. The van der Waals surface area contributed by atoms with E-state index in [1.807, 2.05) is 44.2 Å². The summed E-state index contributed by atoms with van der Waals surface area (Å²) in [5.74, 6) is 1.28. The number of pyridine rings is 1. The number of aromatic nitrogens is 2. The fourth-order valence-electron chi connectivity index (χ4n) is 3.45. The lowest BCUT2D eigenvalue weighted by molar-refractivity contribution is -0.122. The maximum Gasteiger partial charge on any atom is 0.267 e. The van der Waals surface area contributed by atoms with Crippen LogP contribution in [0, 0.1) is 5.92 Å². The highest BCUT2D eigenvalue weighted by molar-refractivity contribution is 8.26. The molecule has 1 N–H and O–H groups in total. The van der Waals surface area contributed by atoms with E-state index in [9.17, 15) is 9.59 Å². The fraction of sp³-hybridized carbons (Fsp3) is 0.250. The molecule has 0 saturated carbocycles. The molecule has 0 atom stereocenters. The molecular weight excluding hydrogens is 456 g/mol. The third kappa shape index (κ3) is 4.94. The Hall–Kier alpha value is -3.17. The number of carbonyl (C=O) groups excluding carboxylic acids is 1. The van der Waals surface area contributed by atoms with E-state index in [4.69, 9.17) is 17.0 Å². The van der Waals surface area contributed by atoms with Gasteiger partial charge in [0.05, 0.1) is 17.6 Å². The molecule has 170 valence electrons. The first kappa shape index (κ1) is 23.0. The molecule has 1 aliphatic heterocycles. The average Bonchev–Trinajstić information content (AvgIpc) is 3.07. The molecule has 0 aliphatic carbocycles. The van der Waals surface area contributed by atoms with Gasteiger partial charge in [-0.2, -0.15) is 0 Å². The normalized spacial score (nSPS) is 15.2. The Morgan fingerprint density at radius 3 is 2.64 bits per heavy atom. The molecule has 1 aromatic carbocycles. The smallest absolute Gasteiger partial charge is 0.267 e. The molecule has 2 aromatic heterocycles. The molecule has 33 heavy (non-hydrogen) atoms. The van der Waals surface area contributed by atoms with Gasteiger partial charge in [-0.1, -0.05) is 56.0 Å². The predicted molar refractivity (Wildman–Crippen MR) is 136 cm³/mol.